The van der Waals surface area contributed by atoms with Gasteiger partial charge in [0.2, 0.25) is 0 Å². The molecule has 18 heavy (non-hydrogen) atoms. The molecular weight excluding hydrogens is 313 g/mol. The first-order valence-electron chi connectivity index (χ1n) is 4.90. The van der Waals surface area contributed by atoms with E-state index < -0.39 is 0 Å². The zero-order valence-electron chi connectivity index (χ0n) is 9.83. The molecule has 0 spiro atoms. The lowest BCUT2D eigenvalue weighted by atomic mass is 9.95. The Morgan fingerprint density at radius 3 is 2.67 bits per heavy atom. The van der Waals surface area contributed by atoms with Gasteiger partial charge in [-0.15, -0.1) is 17.9 Å². The van der Waals surface area contributed by atoms with Crippen molar-refractivity contribution >= 4 is 41.0 Å². The minimum Gasteiger partial charge on any atom is -0.497 e. The van der Waals surface area contributed by atoms with Crippen molar-refractivity contribution in [1.29, 1.82) is 0 Å². The molecule has 0 bridgehead atoms. The first kappa shape index (κ1) is 14.8. The van der Waals surface area contributed by atoms with Gasteiger partial charge < -0.3 is 10.1 Å². The van der Waals surface area contributed by atoms with E-state index in [1.165, 1.54) is 24.5 Å². The second kappa shape index (κ2) is 6.61. The molecule has 0 unspecified atom stereocenters. The van der Waals surface area contributed by atoms with Crippen LogP contribution in [0.25, 0.3) is 0 Å². The number of halogens is 1. The third-order valence-electron chi connectivity index (χ3n) is 1.91. The predicted molar refractivity (Wildman–Crippen MR) is 78.6 cm³/mol. The first-order valence-corrected chi connectivity index (χ1v) is 6.51. The van der Waals surface area contributed by atoms with Crippen molar-refractivity contribution in [3.8, 4) is 0 Å². The van der Waals surface area contributed by atoms with Crippen LogP contribution in [0.3, 0.4) is 0 Å². The second-order valence-electron chi connectivity index (χ2n) is 3.32. The smallest absolute Gasteiger partial charge is 0.265 e. The number of hydrogen-bond acceptors (Lipinski definition) is 3. The fraction of sp³-hybridized carbons (Fsp3) is 0.0833. The molecule has 3 nitrogen and oxygen atoms in total. The average Bonchev–Trinajstić information content (AvgIpc) is 2.72. The van der Waals surface area contributed by atoms with Gasteiger partial charge in [-0.2, -0.15) is 0 Å². The van der Waals surface area contributed by atoms with E-state index in [0.29, 0.717) is 16.3 Å². The third kappa shape index (κ3) is 4.20. The van der Waals surface area contributed by atoms with Gasteiger partial charge in [0.1, 0.15) is 13.6 Å². The molecule has 0 aliphatic carbocycles. The number of ether oxygens (including phenoxy) is 1. The molecule has 2 radical (unpaired) electrons. The van der Waals surface area contributed by atoms with Gasteiger partial charge >= 0.3 is 0 Å². The van der Waals surface area contributed by atoms with Crippen LogP contribution in [-0.4, -0.2) is 20.9 Å². The molecular formula is C12H11BBrNO2S. The van der Waals surface area contributed by atoms with Crippen molar-refractivity contribution in [2.75, 3.05) is 7.11 Å². The Bertz CT molecular complexity index is 522. The number of rotatable bonds is 5. The number of nitrogens with one attached hydrogen (secondary N) is 1. The molecule has 0 saturated carbocycles. The maximum absolute atomic E-state index is 11.8. The molecule has 0 fully saturated rings. The van der Waals surface area contributed by atoms with E-state index in [1.54, 1.807) is 12.1 Å². The van der Waals surface area contributed by atoms with E-state index in [2.05, 4.69) is 34.4 Å². The fourth-order valence-electron chi connectivity index (χ4n) is 1.12. The highest BCUT2D eigenvalue weighted by atomic mass is 79.9. The SMILES string of the molecule is [B]C(=C)/C(=C\C(=C)NC(=O)c1ccc(Br)s1)OC. The quantitative estimate of drug-likeness (QED) is 0.514. The molecule has 6 heteroatoms. The van der Waals surface area contributed by atoms with Gasteiger partial charge in [-0.05, 0) is 28.1 Å². The molecule has 1 heterocycles. The van der Waals surface area contributed by atoms with Crippen LogP contribution in [0.4, 0.5) is 0 Å². The van der Waals surface area contributed by atoms with Crippen molar-refractivity contribution in [2.45, 2.75) is 0 Å². The summed E-state index contributed by atoms with van der Waals surface area (Å²) in [5, 5.41) is 2.63. The molecule has 1 amide bonds. The topological polar surface area (TPSA) is 38.3 Å². The minimum absolute atomic E-state index is 0.231. The van der Waals surface area contributed by atoms with Crippen molar-refractivity contribution in [3.05, 3.63) is 57.0 Å². The van der Waals surface area contributed by atoms with Crippen LogP contribution in [0.5, 0.6) is 0 Å². The van der Waals surface area contributed by atoms with Crippen LogP contribution < -0.4 is 5.32 Å². The summed E-state index contributed by atoms with van der Waals surface area (Å²) < 4.78 is 5.88. The van der Waals surface area contributed by atoms with Crippen LogP contribution in [0.1, 0.15) is 9.67 Å². The molecule has 92 valence electrons. The Morgan fingerprint density at radius 1 is 1.56 bits per heavy atom. The van der Waals surface area contributed by atoms with Crippen molar-refractivity contribution in [1.82, 2.24) is 5.32 Å². The summed E-state index contributed by atoms with van der Waals surface area (Å²) in [6.07, 6.45) is 1.52. The third-order valence-corrected chi connectivity index (χ3v) is 3.54. The van der Waals surface area contributed by atoms with Gasteiger partial charge in [-0.1, -0.05) is 12.1 Å². The molecule has 1 rings (SSSR count). The summed E-state index contributed by atoms with van der Waals surface area (Å²) in [6, 6.07) is 3.53. The standard InChI is InChI=1S/C12H11BBrNO2S/c1-7(6-9(17-3)8(2)13)15-12(16)10-4-5-11(14)18-10/h4-6H,1-2H2,3H3,(H,15,16)/b9-6+. The number of allylic oxidation sites excluding steroid dienone is 2. The number of carbonyl (C=O) groups is 1. The first-order chi connectivity index (χ1) is 8.43. The van der Waals surface area contributed by atoms with E-state index in [4.69, 9.17) is 12.6 Å². The molecule has 1 aromatic heterocycles. The van der Waals surface area contributed by atoms with Gasteiger partial charge in [0.05, 0.1) is 15.8 Å². The van der Waals surface area contributed by atoms with Crippen molar-refractivity contribution in [3.63, 3.8) is 0 Å². The average molecular weight is 324 g/mol. The van der Waals surface area contributed by atoms with Crippen molar-refractivity contribution < 1.29 is 9.53 Å². The highest BCUT2D eigenvalue weighted by molar-refractivity contribution is 9.11. The maximum atomic E-state index is 11.8. The van der Waals surface area contributed by atoms with Crippen LogP contribution in [0.15, 0.2) is 52.1 Å². The van der Waals surface area contributed by atoms with E-state index in [1.807, 2.05) is 0 Å². The number of thiophene rings is 1. The Labute approximate surface area is 120 Å². The van der Waals surface area contributed by atoms with E-state index >= 15 is 0 Å². The lowest BCUT2D eigenvalue weighted by Gasteiger charge is -2.08. The molecule has 0 aromatic carbocycles. The molecule has 0 aliphatic rings. The summed E-state index contributed by atoms with van der Waals surface area (Å²) in [6.45, 7) is 7.25. The van der Waals surface area contributed by atoms with Gasteiger partial charge in [-0.25, -0.2) is 0 Å². The Morgan fingerprint density at radius 2 is 2.22 bits per heavy atom. The summed E-state index contributed by atoms with van der Waals surface area (Å²) in [5.74, 6) is 0.137. The summed E-state index contributed by atoms with van der Waals surface area (Å²) in [4.78, 5) is 12.4. The monoisotopic (exact) mass is 323 g/mol. The molecule has 1 aromatic rings. The summed E-state index contributed by atoms with van der Waals surface area (Å²) in [7, 11) is 6.96. The summed E-state index contributed by atoms with van der Waals surface area (Å²) in [5.41, 5.74) is 0.653. The number of hydrogen-bond donors (Lipinski definition) is 1. The van der Waals surface area contributed by atoms with Crippen LogP contribution in [-0.2, 0) is 4.74 Å². The Balaban J connectivity index is 2.71. The van der Waals surface area contributed by atoms with Crippen LogP contribution in [0.2, 0.25) is 0 Å². The van der Waals surface area contributed by atoms with Gasteiger partial charge in [0.15, 0.2) is 0 Å². The highest BCUT2D eigenvalue weighted by Crippen LogP contribution is 2.22. The summed E-state index contributed by atoms with van der Waals surface area (Å²) >= 11 is 4.63. The lowest BCUT2D eigenvalue weighted by molar-refractivity contribution is 0.0971. The number of carbonyl (C=O) groups excluding carboxylic acids is 1. The zero-order valence-corrected chi connectivity index (χ0v) is 12.2. The fourth-order valence-corrected chi connectivity index (χ4v) is 2.40. The molecule has 1 N–H and O–H groups in total. The van der Waals surface area contributed by atoms with Crippen LogP contribution in [0, 0.1) is 0 Å². The molecule has 0 saturated heterocycles. The van der Waals surface area contributed by atoms with Gasteiger partial charge in [-0.3, -0.25) is 4.79 Å². The largest absolute Gasteiger partial charge is 0.497 e. The lowest BCUT2D eigenvalue weighted by Crippen LogP contribution is -2.20. The second-order valence-corrected chi connectivity index (χ2v) is 5.78. The highest BCUT2D eigenvalue weighted by Gasteiger charge is 2.09. The van der Waals surface area contributed by atoms with E-state index in [0.717, 1.165) is 3.79 Å². The normalized spacial score (nSPS) is 10.9. The predicted octanol–water partition coefficient (Wildman–Crippen LogP) is 2.97. The molecule has 0 aliphatic heterocycles. The Hall–Kier alpha value is -1.27. The zero-order chi connectivity index (χ0) is 13.7. The van der Waals surface area contributed by atoms with Crippen molar-refractivity contribution in [2.24, 2.45) is 0 Å². The number of methoxy groups -OCH3 is 1. The van der Waals surface area contributed by atoms with Crippen LogP contribution >= 0.6 is 27.3 Å². The van der Waals surface area contributed by atoms with Gasteiger partial charge in [0, 0.05) is 11.8 Å². The van der Waals surface area contributed by atoms with Gasteiger partial charge in [0.25, 0.3) is 5.91 Å². The molecule has 0 atom stereocenters. The minimum atomic E-state index is -0.231. The maximum Gasteiger partial charge on any atom is 0.265 e. The Kier molecular flexibility index (Phi) is 5.43. The van der Waals surface area contributed by atoms with E-state index in [-0.39, 0.29) is 11.4 Å². The van der Waals surface area contributed by atoms with E-state index in [9.17, 15) is 4.79 Å². The number of amides is 1.